The highest BCUT2D eigenvalue weighted by Crippen LogP contribution is 2.45. The highest BCUT2D eigenvalue weighted by Gasteiger charge is 2.61. The van der Waals surface area contributed by atoms with E-state index in [0.29, 0.717) is 36.0 Å². The predicted octanol–water partition coefficient (Wildman–Crippen LogP) is 5.05. The Morgan fingerprint density at radius 3 is 2.63 bits per heavy atom. The number of ether oxygens (including phenoxy) is 3. The zero-order valence-corrected chi connectivity index (χ0v) is 30.1. The lowest BCUT2D eigenvalue weighted by molar-refractivity contribution is -0.142. The van der Waals surface area contributed by atoms with Crippen molar-refractivity contribution in [3.05, 3.63) is 60.7 Å². The molecule has 3 aliphatic rings. The van der Waals surface area contributed by atoms with E-state index in [4.69, 9.17) is 19.0 Å². The van der Waals surface area contributed by atoms with Crippen molar-refractivity contribution in [3.8, 4) is 16.7 Å². The van der Waals surface area contributed by atoms with Gasteiger partial charge in [-0.3, -0.25) is 14.4 Å². The van der Waals surface area contributed by atoms with Crippen LogP contribution in [0.4, 0.5) is 4.79 Å². The number of hydrogen-bond donors (Lipinski definition) is 3. The van der Waals surface area contributed by atoms with Crippen molar-refractivity contribution < 1.29 is 38.2 Å². The standard InChI is InChI=1S/C37H45N5O8S/c1-36(2,3)49-34(46)38-28-16-12-7-5-6-9-13-23-21-37(23,33(45)41-50-24-14-10-8-11-15-24)40-31(43)29-19-26(22-42(29)32(28)44)48-35-39-27-18-17-25(47-4)20-30(27)51-35/h8-11,13-15,17-18,20,23,26,28-29H,5-7,12,16,19,21-22H2,1-4H3,(H,38,46)(H,40,43)(H,41,45)/t23-,26-,28+,29+,37-/m1/s1. The molecule has 5 atom stereocenters. The number of allylic oxidation sites excluding steroid dienone is 1. The molecule has 0 radical (unpaired) electrons. The molecule has 13 nitrogen and oxygen atoms in total. The molecule has 0 spiro atoms. The minimum Gasteiger partial charge on any atom is -0.497 e. The number of aromatic nitrogens is 1. The van der Waals surface area contributed by atoms with Crippen molar-refractivity contribution in [3.63, 3.8) is 0 Å². The molecule has 1 saturated carbocycles. The van der Waals surface area contributed by atoms with Crippen molar-refractivity contribution in [2.75, 3.05) is 13.7 Å². The summed E-state index contributed by atoms with van der Waals surface area (Å²) in [5.41, 5.74) is 1.22. The van der Waals surface area contributed by atoms with Crippen LogP contribution in [0.3, 0.4) is 0 Å². The summed E-state index contributed by atoms with van der Waals surface area (Å²) >= 11 is 1.34. The highest BCUT2D eigenvalue weighted by molar-refractivity contribution is 7.20. The second-order valence-electron chi connectivity index (χ2n) is 14.2. The molecule has 1 saturated heterocycles. The molecule has 3 heterocycles. The number of fused-ring (bicyclic) bond motifs is 3. The molecule has 6 rings (SSSR count). The number of nitrogens with zero attached hydrogens (tertiary/aromatic N) is 2. The number of amides is 4. The Balaban J connectivity index is 1.27. The Labute approximate surface area is 301 Å². The molecule has 272 valence electrons. The number of rotatable bonds is 7. The molecule has 3 N–H and O–H groups in total. The van der Waals surface area contributed by atoms with E-state index in [1.807, 2.05) is 36.4 Å². The number of hydrogen-bond acceptors (Lipinski definition) is 10. The number of alkyl carbamates (subject to hydrolysis) is 1. The quantitative estimate of drug-likeness (QED) is 0.225. The topological polar surface area (TPSA) is 157 Å². The normalized spacial score (nSPS) is 25.4. The Bertz CT molecular complexity index is 1780. The van der Waals surface area contributed by atoms with Gasteiger partial charge >= 0.3 is 6.09 Å². The average molecular weight is 720 g/mol. The lowest BCUT2D eigenvalue weighted by Gasteiger charge is -2.30. The van der Waals surface area contributed by atoms with E-state index in [9.17, 15) is 19.2 Å². The first-order chi connectivity index (χ1) is 24.4. The smallest absolute Gasteiger partial charge is 0.408 e. The largest absolute Gasteiger partial charge is 0.497 e. The number of benzene rings is 2. The van der Waals surface area contributed by atoms with E-state index in [-0.39, 0.29) is 18.9 Å². The molecule has 14 heteroatoms. The van der Waals surface area contributed by atoms with Gasteiger partial charge in [0.25, 0.3) is 11.1 Å². The number of para-hydroxylation sites is 1. The molecule has 51 heavy (non-hydrogen) atoms. The van der Waals surface area contributed by atoms with Gasteiger partial charge in [0, 0.05) is 12.3 Å². The summed E-state index contributed by atoms with van der Waals surface area (Å²) < 4.78 is 18.0. The second-order valence-corrected chi connectivity index (χ2v) is 15.2. The molecule has 1 aromatic heterocycles. The molecule has 0 unspecified atom stereocenters. The third-order valence-corrected chi connectivity index (χ3v) is 10.1. The van der Waals surface area contributed by atoms with E-state index in [1.165, 1.54) is 16.2 Å². The van der Waals surface area contributed by atoms with Crippen molar-refractivity contribution >= 4 is 45.4 Å². The van der Waals surface area contributed by atoms with Gasteiger partial charge in [-0.2, -0.15) is 5.48 Å². The first kappa shape index (κ1) is 36.0. The van der Waals surface area contributed by atoms with Gasteiger partial charge < -0.3 is 34.6 Å². The van der Waals surface area contributed by atoms with Gasteiger partial charge in [-0.1, -0.05) is 54.5 Å². The van der Waals surface area contributed by atoms with Gasteiger partial charge in [0.15, 0.2) is 5.75 Å². The maximum absolute atomic E-state index is 14.4. The van der Waals surface area contributed by atoms with Crippen LogP contribution < -0.4 is 30.4 Å². The van der Waals surface area contributed by atoms with Crippen LogP contribution in [0.25, 0.3) is 10.2 Å². The van der Waals surface area contributed by atoms with Crippen molar-refractivity contribution in [2.24, 2.45) is 5.92 Å². The molecular weight excluding hydrogens is 675 g/mol. The minimum atomic E-state index is -1.27. The molecule has 2 aliphatic heterocycles. The van der Waals surface area contributed by atoms with Crippen LogP contribution in [0, 0.1) is 5.92 Å². The summed E-state index contributed by atoms with van der Waals surface area (Å²) in [7, 11) is 1.59. The zero-order valence-electron chi connectivity index (χ0n) is 29.3. The number of carbonyl (C=O) groups is 4. The summed E-state index contributed by atoms with van der Waals surface area (Å²) in [5, 5.41) is 6.16. The lowest BCUT2D eigenvalue weighted by atomic mass is 10.0. The maximum atomic E-state index is 14.4. The van der Waals surface area contributed by atoms with Gasteiger partial charge in [-0.05, 0) is 76.8 Å². The number of methoxy groups -OCH3 is 1. The van der Waals surface area contributed by atoms with Gasteiger partial charge in [0.05, 0.1) is 23.9 Å². The number of hydroxylamine groups is 1. The van der Waals surface area contributed by atoms with E-state index >= 15 is 0 Å². The van der Waals surface area contributed by atoms with Crippen LogP contribution in [-0.4, -0.2) is 76.7 Å². The van der Waals surface area contributed by atoms with E-state index in [0.717, 1.165) is 29.5 Å². The minimum absolute atomic E-state index is 0.0717. The SMILES string of the molecule is COc1ccc2nc(O[C@@H]3C[C@H]4C(=O)N[C@]5(C(=O)NOc6ccccc6)C[C@H]5C=CCCCCC[C@H](NC(=O)OC(C)(C)C)C(=O)N4C3)sc2c1. The lowest BCUT2D eigenvalue weighted by Crippen LogP contribution is -2.58. The van der Waals surface area contributed by atoms with Gasteiger partial charge in [0.2, 0.25) is 11.8 Å². The Kier molecular flexibility index (Phi) is 10.7. The van der Waals surface area contributed by atoms with Crippen LogP contribution in [0.5, 0.6) is 16.7 Å². The van der Waals surface area contributed by atoms with Gasteiger partial charge in [-0.25, -0.2) is 9.78 Å². The molecule has 2 aromatic carbocycles. The van der Waals surface area contributed by atoms with Crippen LogP contribution in [-0.2, 0) is 19.1 Å². The second kappa shape index (κ2) is 15.2. The van der Waals surface area contributed by atoms with Crippen molar-refractivity contribution in [1.29, 1.82) is 0 Å². The van der Waals surface area contributed by atoms with E-state index in [1.54, 1.807) is 52.1 Å². The van der Waals surface area contributed by atoms with E-state index < -0.39 is 53.1 Å². The van der Waals surface area contributed by atoms with Gasteiger partial charge in [0.1, 0.15) is 35.1 Å². The van der Waals surface area contributed by atoms with Crippen LogP contribution in [0.1, 0.15) is 65.7 Å². The fraction of sp³-hybridized carbons (Fsp3) is 0.486. The summed E-state index contributed by atoms with van der Waals surface area (Å²) in [4.78, 5) is 66.9. The Morgan fingerprint density at radius 2 is 1.86 bits per heavy atom. The summed E-state index contributed by atoms with van der Waals surface area (Å²) in [6.07, 6.45) is 6.71. The zero-order chi connectivity index (χ0) is 36.2. The van der Waals surface area contributed by atoms with Gasteiger partial charge in [-0.15, -0.1) is 0 Å². The molecular formula is C37H45N5O8S. The third kappa shape index (κ3) is 8.73. The Morgan fingerprint density at radius 1 is 1.06 bits per heavy atom. The number of carbonyl (C=O) groups excluding carboxylic acids is 4. The molecule has 0 bridgehead atoms. The first-order valence-electron chi connectivity index (χ1n) is 17.4. The summed E-state index contributed by atoms with van der Waals surface area (Å²) in [6.45, 7) is 5.33. The maximum Gasteiger partial charge on any atom is 0.408 e. The predicted molar refractivity (Wildman–Crippen MR) is 190 cm³/mol. The van der Waals surface area contributed by atoms with Crippen molar-refractivity contribution in [2.45, 2.75) is 95.0 Å². The fourth-order valence-electron chi connectivity index (χ4n) is 6.50. The van der Waals surface area contributed by atoms with Crippen LogP contribution in [0.2, 0.25) is 0 Å². The fourth-order valence-corrected chi connectivity index (χ4v) is 7.41. The average Bonchev–Trinajstić information content (AvgIpc) is 3.40. The molecule has 1 aliphatic carbocycles. The van der Waals surface area contributed by atoms with Crippen LogP contribution >= 0.6 is 11.3 Å². The van der Waals surface area contributed by atoms with Crippen molar-refractivity contribution in [1.82, 2.24) is 26.0 Å². The summed E-state index contributed by atoms with van der Waals surface area (Å²) in [6, 6.07) is 12.4. The summed E-state index contributed by atoms with van der Waals surface area (Å²) in [5.74, 6) is -0.535. The molecule has 4 amide bonds. The Hall–Kier alpha value is -4.85. The van der Waals surface area contributed by atoms with Crippen LogP contribution in [0.15, 0.2) is 60.7 Å². The number of nitrogens with one attached hydrogen (secondary N) is 3. The van der Waals surface area contributed by atoms with E-state index in [2.05, 4.69) is 21.1 Å². The number of thiazole rings is 1. The molecule has 3 aromatic rings. The highest BCUT2D eigenvalue weighted by atomic mass is 32.1. The first-order valence-corrected chi connectivity index (χ1v) is 18.2. The molecule has 2 fully saturated rings. The third-order valence-electron chi connectivity index (χ3n) is 9.18. The monoisotopic (exact) mass is 719 g/mol.